The molecule has 1 aliphatic heterocycles. The molecule has 1 heterocycles. The van der Waals surface area contributed by atoms with E-state index >= 15 is 0 Å². The first kappa shape index (κ1) is 17.0. The lowest BCUT2D eigenvalue weighted by molar-refractivity contribution is -0.137. The van der Waals surface area contributed by atoms with Crippen molar-refractivity contribution in [1.29, 1.82) is 0 Å². The first-order valence-electron chi connectivity index (χ1n) is 9.33. The number of amides is 2. The quantitative estimate of drug-likeness (QED) is 0.871. The van der Waals surface area contributed by atoms with E-state index in [0.29, 0.717) is 6.54 Å². The number of nitrogens with zero attached hydrogens (tertiary/aromatic N) is 1. The molecule has 24 heavy (non-hydrogen) atoms. The average Bonchev–Trinajstić information content (AvgIpc) is 3.46. The maximum Gasteiger partial charge on any atom is 0.225 e. The molecule has 1 aliphatic carbocycles. The molecule has 130 valence electrons. The van der Waals surface area contributed by atoms with Gasteiger partial charge in [0.25, 0.3) is 0 Å². The van der Waals surface area contributed by atoms with Gasteiger partial charge in [0.1, 0.15) is 0 Å². The van der Waals surface area contributed by atoms with Gasteiger partial charge in [-0.3, -0.25) is 9.59 Å². The van der Waals surface area contributed by atoms with Crippen LogP contribution in [0.5, 0.6) is 0 Å². The summed E-state index contributed by atoms with van der Waals surface area (Å²) in [6.45, 7) is 3.55. The fourth-order valence-electron chi connectivity index (χ4n) is 3.57. The third kappa shape index (κ3) is 4.16. The van der Waals surface area contributed by atoms with Gasteiger partial charge in [-0.05, 0) is 37.7 Å². The number of rotatable bonds is 6. The highest BCUT2D eigenvalue weighted by Gasteiger charge is 2.36. The largest absolute Gasteiger partial charge is 0.349 e. The summed E-state index contributed by atoms with van der Waals surface area (Å²) < 4.78 is 0. The second-order valence-corrected chi connectivity index (χ2v) is 7.16. The molecular weight excluding hydrogens is 300 g/mol. The number of hydrogen-bond donors (Lipinski definition) is 1. The second kappa shape index (κ2) is 7.82. The molecule has 1 aromatic rings. The molecule has 3 rings (SSSR count). The Morgan fingerprint density at radius 1 is 1.17 bits per heavy atom. The molecule has 0 unspecified atom stereocenters. The van der Waals surface area contributed by atoms with Gasteiger partial charge in [0.15, 0.2) is 0 Å². The van der Waals surface area contributed by atoms with E-state index in [0.717, 1.165) is 50.6 Å². The average molecular weight is 328 g/mol. The van der Waals surface area contributed by atoms with E-state index in [1.54, 1.807) is 0 Å². The zero-order valence-electron chi connectivity index (χ0n) is 14.5. The minimum Gasteiger partial charge on any atom is -0.349 e. The molecule has 0 spiro atoms. The highest BCUT2D eigenvalue weighted by Crippen LogP contribution is 2.32. The summed E-state index contributed by atoms with van der Waals surface area (Å²) in [5.74, 6) is 0.541. The van der Waals surface area contributed by atoms with Gasteiger partial charge in [0.2, 0.25) is 11.8 Å². The maximum absolute atomic E-state index is 12.8. The molecule has 1 saturated heterocycles. The van der Waals surface area contributed by atoms with Gasteiger partial charge in [-0.25, -0.2) is 0 Å². The van der Waals surface area contributed by atoms with Crippen molar-refractivity contribution < 1.29 is 9.59 Å². The van der Waals surface area contributed by atoms with Gasteiger partial charge >= 0.3 is 0 Å². The van der Waals surface area contributed by atoms with Crippen molar-refractivity contribution in [3.8, 4) is 0 Å². The Balaban J connectivity index is 1.60. The number of carbonyl (C=O) groups is 2. The van der Waals surface area contributed by atoms with Gasteiger partial charge < -0.3 is 10.2 Å². The Hall–Kier alpha value is -1.84. The molecule has 0 aromatic heterocycles. The third-order valence-corrected chi connectivity index (χ3v) is 5.13. The normalized spacial score (nSPS) is 22.0. The molecule has 1 saturated carbocycles. The third-order valence-electron chi connectivity index (χ3n) is 5.13. The minimum absolute atomic E-state index is 0.0653. The Morgan fingerprint density at radius 3 is 2.58 bits per heavy atom. The number of nitrogens with one attached hydrogen (secondary N) is 1. The van der Waals surface area contributed by atoms with Crippen molar-refractivity contribution in [1.82, 2.24) is 10.2 Å². The van der Waals surface area contributed by atoms with Gasteiger partial charge in [0, 0.05) is 19.0 Å². The van der Waals surface area contributed by atoms with E-state index in [-0.39, 0.29) is 29.7 Å². The van der Waals surface area contributed by atoms with Crippen LogP contribution in [0.15, 0.2) is 30.3 Å². The van der Waals surface area contributed by atoms with Gasteiger partial charge in [0.05, 0.1) is 12.0 Å². The molecule has 1 N–H and O–H groups in total. The summed E-state index contributed by atoms with van der Waals surface area (Å²) in [5, 5.41) is 3.23. The summed E-state index contributed by atoms with van der Waals surface area (Å²) in [6.07, 6.45) is 5.83. The zero-order valence-corrected chi connectivity index (χ0v) is 14.5. The van der Waals surface area contributed by atoms with Gasteiger partial charge in [-0.2, -0.15) is 0 Å². The molecule has 2 aliphatic rings. The smallest absolute Gasteiger partial charge is 0.225 e. The van der Waals surface area contributed by atoms with Crippen LogP contribution in [0.3, 0.4) is 0 Å². The minimum atomic E-state index is -0.0653. The number of likely N-dealkylation sites (tertiary alicyclic amines) is 1. The van der Waals surface area contributed by atoms with Crippen LogP contribution >= 0.6 is 0 Å². The van der Waals surface area contributed by atoms with Crippen LogP contribution in [0, 0.1) is 11.8 Å². The summed E-state index contributed by atoms with van der Waals surface area (Å²) in [5.41, 5.74) is 1.16. The lowest BCUT2D eigenvalue weighted by atomic mass is 9.95. The summed E-state index contributed by atoms with van der Waals surface area (Å²) in [7, 11) is 0. The van der Waals surface area contributed by atoms with Crippen LogP contribution in [0.4, 0.5) is 0 Å². The van der Waals surface area contributed by atoms with Crippen molar-refractivity contribution >= 4 is 11.8 Å². The number of carbonyl (C=O) groups excluding carboxylic acids is 2. The van der Waals surface area contributed by atoms with E-state index in [4.69, 9.17) is 0 Å². The van der Waals surface area contributed by atoms with E-state index in [9.17, 15) is 9.59 Å². The summed E-state index contributed by atoms with van der Waals surface area (Å²) in [4.78, 5) is 26.9. The first-order chi connectivity index (χ1) is 11.7. The standard InChI is InChI=1S/C20H28N2O2/c1-2-7-18(15-8-4-3-5-9-15)21-19(23)17-10-6-13-22(14-17)20(24)16-11-12-16/h3-5,8-9,16-18H,2,6-7,10-14H2,1H3,(H,21,23)/t17-,18+/m1/s1. The highest BCUT2D eigenvalue weighted by molar-refractivity contribution is 5.83. The fourth-order valence-corrected chi connectivity index (χ4v) is 3.57. The molecular formula is C20H28N2O2. The SMILES string of the molecule is CCC[C@H](NC(=O)[C@@H]1CCCN(C(=O)C2CC2)C1)c1ccccc1. The molecule has 2 fully saturated rings. The Labute approximate surface area is 144 Å². The van der Waals surface area contributed by atoms with Crippen LogP contribution in [-0.4, -0.2) is 29.8 Å². The van der Waals surface area contributed by atoms with E-state index in [2.05, 4.69) is 24.4 Å². The number of piperidine rings is 1. The highest BCUT2D eigenvalue weighted by atomic mass is 16.2. The predicted molar refractivity (Wildman–Crippen MR) is 94.3 cm³/mol. The first-order valence-corrected chi connectivity index (χ1v) is 9.33. The van der Waals surface area contributed by atoms with Crippen molar-refractivity contribution in [2.75, 3.05) is 13.1 Å². The molecule has 1 aromatic carbocycles. The number of benzene rings is 1. The second-order valence-electron chi connectivity index (χ2n) is 7.16. The van der Waals surface area contributed by atoms with Gasteiger partial charge in [-0.15, -0.1) is 0 Å². The molecule has 2 amide bonds. The van der Waals surface area contributed by atoms with Crippen molar-refractivity contribution in [2.24, 2.45) is 11.8 Å². The Morgan fingerprint density at radius 2 is 1.92 bits per heavy atom. The van der Waals surface area contributed by atoms with Gasteiger partial charge in [-0.1, -0.05) is 43.7 Å². The predicted octanol–water partition coefficient (Wildman–Crippen LogP) is 3.29. The van der Waals surface area contributed by atoms with Crippen LogP contribution < -0.4 is 5.32 Å². The van der Waals surface area contributed by atoms with E-state index in [1.165, 1.54) is 0 Å². The topological polar surface area (TPSA) is 49.4 Å². The molecule has 4 nitrogen and oxygen atoms in total. The van der Waals surface area contributed by atoms with E-state index < -0.39 is 0 Å². The van der Waals surface area contributed by atoms with Crippen LogP contribution in [0.25, 0.3) is 0 Å². The summed E-state index contributed by atoms with van der Waals surface area (Å²) in [6, 6.07) is 10.2. The molecule has 2 atom stereocenters. The van der Waals surface area contributed by atoms with Crippen molar-refractivity contribution in [3.63, 3.8) is 0 Å². The Kier molecular flexibility index (Phi) is 5.54. The van der Waals surface area contributed by atoms with Crippen LogP contribution in [0.2, 0.25) is 0 Å². The fraction of sp³-hybridized carbons (Fsp3) is 0.600. The number of hydrogen-bond acceptors (Lipinski definition) is 2. The van der Waals surface area contributed by atoms with E-state index in [1.807, 2.05) is 23.1 Å². The van der Waals surface area contributed by atoms with Crippen LogP contribution in [-0.2, 0) is 9.59 Å². The molecule has 0 radical (unpaired) electrons. The lowest BCUT2D eigenvalue weighted by Crippen LogP contribution is -2.46. The summed E-state index contributed by atoms with van der Waals surface area (Å²) >= 11 is 0. The zero-order chi connectivity index (χ0) is 16.9. The monoisotopic (exact) mass is 328 g/mol. The molecule has 4 heteroatoms. The Bertz CT molecular complexity index is 568. The molecule has 0 bridgehead atoms. The lowest BCUT2D eigenvalue weighted by Gasteiger charge is -2.33. The van der Waals surface area contributed by atoms with Crippen molar-refractivity contribution in [3.05, 3.63) is 35.9 Å². The maximum atomic E-state index is 12.8. The van der Waals surface area contributed by atoms with Crippen molar-refractivity contribution in [2.45, 2.75) is 51.5 Å². The van der Waals surface area contributed by atoms with Crippen LogP contribution in [0.1, 0.15) is 57.1 Å².